The largest absolute Gasteiger partial charge is 0.455 e. The van der Waals surface area contributed by atoms with Crippen LogP contribution in [0.15, 0.2) is 83.3 Å². The summed E-state index contributed by atoms with van der Waals surface area (Å²) in [7, 11) is 0. The van der Waals surface area contributed by atoms with Crippen LogP contribution in [-0.4, -0.2) is 25.0 Å². The van der Waals surface area contributed by atoms with E-state index in [1.165, 1.54) is 11.1 Å². The van der Waals surface area contributed by atoms with Gasteiger partial charge in [0.1, 0.15) is 12.2 Å². The summed E-state index contributed by atoms with van der Waals surface area (Å²) >= 11 is 0. The summed E-state index contributed by atoms with van der Waals surface area (Å²) in [6.45, 7) is 5.38. The maximum atomic E-state index is 6.14. The van der Waals surface area contributed by atoms with Gasteiger partial charge in [0.25, 0.3) is 0 Å². The van der Waals surface area contributed by atoms with Gasteiger partial charge in [-0.1, -0.05) is 84.1 Å². The van der Waals surface area contributed by atoms with Crippen LogP contribution in [0.2, 0.25) is 0 Å². The lowest BCUT2D eigenvalue weighted by atomic mass is 10.0. The summed E-state index contributed by atoms with van der Waals surface area (Å²) in [6, 6.07) is 27.1. The third-order valence-corrected chi connectivity index (χ3v) is 6.52. The molecule has 1 fully saturated rings. The summed E-state index contributed by atoms with van der Waals surface area (Å²) in [5.41, 5.74) is 5.32. The summed E-state index contributed by atoms with van der Waals surface area (Å²) in [6.07, 6.45) is 1.71. The Hall–Kier alpha value is -3.36. The number of furan rings is 1. The highest BCUT2D eigenvalue weighted by Gasteiger charge is 2.28. The van der Waals surface area contributed by atoms with Crippen molar-refractivity contribution in [2.24, 2.45) is 0 Å². The first-order valence-electron chi connectivity index (χ1n) is 12.3. The fourth-order valence-corrected chi connectivity index (χ4v) is 4.52. The smallest absolute Gasteiger partial charge is 0.159 e. The molecule has 0 aliphatic carbocycles. The number of benzene rings is 3. The van der Waals surface area contributed by atoms with Gasteiger partial charge >= 0.3 is 0 Å². The number of fused-ring (bicyclic) bond motifs is 1. The molecular formula is C31H31NO3. The van der Waals surface area contributed by atoms with E-state index >= 15 is 0 Å². The van der Waals surface area contributed by atoms with E-state index in [0.717, 1.165) is 47.2 Å². The van der Waals surface area contributed by atoms with Gasteiger partial charge in [-0.3, -0.25) is 0 Å². The number of para-hydroxylation sites is 1. The molecule has 3 atom stereocenters. The number of rotatable bonds is 6. The molecule has 1 saturated heterocycles. The normalized spacial score (nSPS) is 19.9. The Morgan fingerprint density at radius 2 is 1.71 bits per heavy atom. The first-order chi connectivity index (χ1) is 17.2. The van der Waals surface area contributed by atoms with Gasteiger partial charge in [0.05, 0.1) is 11.7 Å². The highest BCUT2D eigenvalue weighted by molar-refractivity contribution is 5.91. The second-order valence-corrected chi connectivity index (χ2v) is 9.10. The van der Waals surface area contributed by atoms with E-state index in [2.05, 4.69) is 55.3 Å². The zero-order valence-corrected chi connectivity index (χ0v) is 20.3. The first kappa shape index (κ1) is 23.4. The van der Waals surface area contributed by atoms with Crippen LogP contribution in [0, 0.1) is 18.8 Å². The Labute approximate surface area is 207 Å². The molecule has 0 unspecified atom stereocenters. The zero-order chi connectivity index (χ0) is 24.0. The molecule has 3 aromatic carbocycles. The Morgan fingerprint density at radius 3 is 2.51 bits per heavy atom. The Bertz CT molecular complexity index is 1310. The standard InChI is InChI=1S/C31H31NO3/c1-22-14-16-24(17-15-22)21-32-28-18-19-30(34-23(28)2)33-20-8-12-27-26-11-6-7-13-29(26)35-31(27)25-9-4-3-5-10-25/h3-7,9-11,13-17,23,28,30,32H,18-21H2,1-2H3/t23-,28-,30+/m0/s1. The van der Waals surface area contributed by atoms with Crippen LogP contribution < -0.4 is 5.32 Å². The summed E-state index contributed by atoms with van der Waals surface area (Å²) in [5.74, 6) is 7.28. The summed E-state index contributed by atoms with van der Waals surface area (Å²) < 4.78 is 18.3. The first-order valence-corrected chi connectivity index (χ1v) is 12.3. The molecule has 178 valence electrons. The van der Waals surface area contributed by atoms with Crippen molar-refractivity contribution in [3.05, 3.63) is 95.6 Å². The molecule has 4 aromatic rings. The minimum absolute atomic E-state index is 0.0784. The van der Waals surface area contributed by atoms with Crippen molar-refractivity contribution in [1.29, 1.82) is 0 Å². The van der Waals surface area contributed by atoms with E-state index in [1.54, 1.807) is 0 Å². The molecule has 1 aliphatic rings. The van der Waals surface area contributed by atoms with E-state index < -0.39 is 0 Å². The van der Waals surface area contributed by atoms with Crippen LogP contribution >= 0.6 is 0 Å². The predicted octanol–water partition coefficient (Wildman–Crippen LogP) is 6.46. The predicted molar refractivity (Wildman–Crippen MR) is 140 cm³/mol. The van der Waals surface area contributed by atoms with Gasteiger partial charge in [0.15, 0.2) is 12.1 Å². The Balaban J connectivity index is 1.18. The second kappa shape index (κ2) is 10.9. The van der Waals surface area contributed by atoms with E-state index in [1.807, 2.05) is 54.6 Å². The fourth-order valence-electron chi connectivity index (χ4n) is 4.52. The van der Waals surface area contributed by atoms with Crippen molar-refractivity contribution < 1.29 is 13.9 Å². The lowest BCUT2D eigenvalue weighted by Crippen LogP contribution is -2.46. The molecule has 2 heterocycles. The number of hydrogen-bond acceptors (Lipinski definition) is 4. The number of aryl methyl sites for hydroxylation is 1. The van der Waals surface area contributed by atoms with Crippen LogP contribution in [-0.2, 0) is 16.0 Å². The van der Waals surface area contributed by atoms with Gasteiger partial charge in [0, 0.05) is 30.0 Å². The van der Waals surface area contributed by atoms with Crippen LogP contribution in [0.1, 0.15) is 36.5 Å². The number of ether oxygens (including phenoxy) is 2. The highest BCUT2D eigenvalue weighted by atomic mass is 16.7. The second-order valence-electron chi connectivity index (χ2n) is 9.10. The van der Waals surface area contributed by atoms with Gasteiger partial charge < -0.3 is 19.2 Å². The van der Waals surface area contributed by atoms with Crippen LogP contribution in [0.25, 0.3) is 22.3 Å². The van der Waals surface area contributed by atoms with Gasteiger partial charge in [0.2, 0.25) is 0 Å². The van der Waals surface area contributed by atoms with E-state index in [0.29, 0.717) is 12.6 Å². The molecule has 0 spiro atoms. The van der Waals surface area contributed by atoms with E-state index in [4.69, 9.17) is 13.9 Å². The lowest BCUT2D eigenvalue weighted by Gasteiger charge is -2.34. The quantitative estimate of drug-likeness (QED) is 0.332. The van der Waals surface area contributed by atoms with Crippen molar-refractivity contribution in [2.45, 2.75) is 51.7 Å². The molecule has 4 nitrogen and oxygen atoms in total. The van der Waals surface area contributed by atoms with Crippen LogP contribution in [0.3, 0.4) is 0 Å². The highest BCUT2D eigenvalue weighted by Crippen LogP contribution is 2.32. The van der Waals surface area contributed by atoms with Gasteiger partial charge in [-0.25, -0.2) is 0 Å². The topological polar surface area (TPSA) is 43.6 Å². The summed E-state index contributed by atoms with van der Waals surface area (Å²) in [4.78, 5) is 0. The van der Waals surface area contributed by atoms with Gasteiger partial charge in [-0.05, 0) is 38.0 Å². The molecule has 0 radical (unpaired) electrons. The fraction of sp³-hybridized carbons (Fsp3) is 0.290. The molecule has 5 rings (SSSR count). The average Bonchev–Trinajstić information content (AvgIpc) is 3.26. The van der Waals surface area contributed by atoms with Crippen LogP contribution in [0.4, 0.5) is 0 Å². The number of hydrogen-bond donors (Lipinski definition) is 1. The molecule has 0 saturated carbocycles. The molecular weight excluding hydrogens is 434 g/mol. The minimum atomic E-state index is -0.230. The van der Waals surface area contributed by atoms with E-state index in [9.17, 15) is 0 Å². The van der Waals surface area contributed by atoms with Crippen molar-refractivity contribution in [3.8, 4) is 23.2 Å². The summed E-state index contributed by atoms with van der Waals surface area (Å²) in [5, 5.41) is 4.65. The van der Waals surface area contributed by atoms with Crippen molar-refractivity contribution in [2.75, 3.05) is 6.61 Å². The Kier molecular flexibility index (Phi) is 7.30. The zero-order valence-electron chi connectivity index (χ0n) is 20.3. The molecule has 0 bridgehead atoms. The number of nitrogens with one attached hydrogen (secondary N) is 1. The SMILES string of the molecule is Cc1ccc(CN[C@H]2CC[C@H](OCC#Cc3c(-c4ccccc4)oc4ccccc34)O[C@H]2C)cc1. The molecule has 1 aliphatic heterocycles. The van der Waals surface area contributed by atoms with Crippen molar-refractivity contribution >= 4 is 11.0 Å². The van der Waals surface area contributed by atoms with Crippen molar-refractivity contribution in [3.63, 3.8) is 0 Å². The Morgan fingerprint density at radius 1 is 0.943 bits per heavy atom. The minimum Gasteiger partial charge on any atom is -0.455 e. The third kappa shape index (κ3) is 5.66. The molecule has 35 heavy (non-hydrogen) atoms. The molecule has 0 amide bonds. The van der Waals surface area contributed by atoms with Gasteiger partial charge in [-0.2, -0.15) is 0 Å². The van der Waals surface area contributed by atoms with Crippen LogP contribution in [0.5, 0.6) is 0 Å². The maximum absolute atomic E-state index is 6.14. The monoisotopic (exact) mass is 465 g/mol. The maximum Gasteiger partial charge on any atom is 0.159 e. The average molecular weight is 466 g/mol. The third-order valence-electron chi connectivity index (χ3n) is 6.52. The van der Waals surface area contributed by atoms with Gasteiger partial charge in [-0.15, -0.1) is 0 Å². The molecule has 1 aromatic heterocycles. The molecule has 4 heteroatoms. The van der Waals surface area contributed by atoms with E-state index in [-0.39, 0.29) is 12.4 Å². The molecule has 1 N–H and O–H groups in total. The lowest BCUT2D eigenvalue weighted by molar-refractivity contribution is -0.190. The van der Waals surface area contributed by atoms with Crippen molar-refractivity contribution in [1.82, 2.24) is 5.32 Å².